The van der Waals surface area contributed by atoms with Crippen LogP contribution >= 0.6 is 11.3 Å². The summed E-state index contributed by atoms with van der Waals surface area (Å²) < 4.78 is 16.7. The van der Waals surface area contributed by atoms with E-state index in [1.54, 1.807) is 25.6 Å². The van der Waals surface area contributed by atoms with Crippen LogP contribution in [-0.2, 0) is 6.54 Å². The monoisotopic (exact) mass is 384 g/mol. The maximum absolute atomic E-state index is 5.75. The van der Waals surface area contributed by atoms with Crippen molar-refractivity contribution in [3.8, 4) is 27.8 Å². The Labute approximate surface area is 164 Å². The highest BCUT2D eigenvalue weighted by Crippen LogP contribution is 2.39. The van der Waals surface area contributed by atoms with Crippen LogP contribution in [0.25, 0.3) is 10.6 Å². The van der Waals surface area contributed by atoms with Crippen molar-refractivity contribution in [1.29, 1.82) is 0 Å². The van der Waals surface area contributed by atoms with Gasteiger partial charge < -0.3 is 14.2 Å². The number of likely N-dealkylation sites (N-methyl/N-ethyl adjacent to an activating group) is 1. The number of para-hydroxylation sites is 2. The molecule has 0 bridgehead atoms. The van der Waals surface area contributed by atoms with Crippen molar-refractivity contribution in [2.45, 2.75) is 6.54 Å². The molecule has 0 N–H and O–H groups in total. The lowest BCUT2D eigenvalue weighted by molar-refractivity contribution is 0.231. The molecule has 3 aromatic rings. The van der Waals surface area contributed by atoms with Crippen LogP contribution in [0, 0.1) is 0 Å². The van der Waals surface area contributed by atoms with Gasteiger partial charge in [0.05, 0.1) is 25.5 Å². The Morgan fingerprint density at radius 2 is 1.81 bits per heavy atom. The smallest absolute Gasteiger partial charge is 0.170 e. The first kappa shape index (κ1) is 19.2. The lowest BCUT2D eigenvalue weighted by atomic mass is 10.2. The molecule has 0 atom stereocenters. The molecule has 0 aliphatic carbocycles. The normalized spacial score (nSPS) is 10.8. The van der Waals surface area contributed by atoms with E-state index < -0.39 is 0 Å². The number of benzene rings is 2. The summed E-state index contributed by atoms with van der Waals surface area (Å²) in [4.78, 5) is 6.97. The highest BCUT2D eigenvalue weighted by atomic mass is 32.1. The fourth-order valence-electron chi connectivity index (χ4n) is 2.75. The minimum absolute atomic E-state index is 0.640. The summed E-state index contributed by atoms with van der Waals surface area (Å²) in [7, 11) is 5.36. The van der Waals surface area contributed by atoms with Crippen LogP contribution in [0.2, 0.25) is 0 Å². The zero-order valence-electron chi connectivity index (χ0n) is 15.8. The average Bonchev–Trinajstić information content (AvgIpc) is 3.16. The molecule has 5 nitrogen and oxygen atoms in total. The van der Waals surface area contributed by atoms with Crippen molar-refractivity contribution in [3.05, 3.63) is 59.6 Å². The molecule has 0 fully saturated rings. The highest BCUT2D eigenvalue weighted by molar-refractivity contribution is 7.13. The van der Waals surface area contributed by atoms with E-state index in [4.69, 9.17) is 19.2 Å². The largest absolute Gasteiger partial charge is 0.493 e. The van der Waals surface area contributed by atoms with Gasteiger partial charge in [-0.05, 0) is 31.3 Å². The Kier molecular flexibility index (Phi) is 6.68. The van der Waals surface area contributed by atoms with E-state index in [2.05, 4.69) is 17.3 Å². The average molecular weight is 385 g/mol. The SMILES string of the molecule is COc1cccc(-c2nc(CN(C)CCOc3ccccc3)cs2)c1OC. The Morgan fingerprint density at radius 3 is 2.56 bits per heavy atom. The van der Waals surface area contributed by atoms with Gasteiger partial charge in [-0.1, -0.05) is 24.3 Å². The molecule has 0 amide bonds. The van der Waals surface area contributed by atoms with Crippen molar-refractivity contribution >= 4 is 11.3 Å². The highest BCUT2D eigenvalue weighted by Gasteiger charge is 2.15. The van der Waals surface area contributed by atoms with Gasteiger partial charge in [-0.3, -0.25) is 4.90 Å². The number of hydrogen-bond donors (Lipinski definition) is 0. The van der Waals surface area contributed by atoms with Gasteiger partial charge in [-0.15, -0.1) is 11.3 Å². The fourth-order valence-corrected chi connectivity index (χ4v) is 3.58. The van der Waals surface area contributed by atoms with E-state index in [0.717, 1.165) is 35.1 Å². The van der Waals surface area contributed by atoms with E-state index in [9.17, 15) is 0 Å². The Morgan fingerprint density at radius 1 is 1.00 bits per heavy atom. The quantitative estimate of drug-likeness (QED) is 0.549. The van der Waals surface area contributed by atoms with Gasteiger partial charge >= 0.3 is 0 Å². The zero-order valence-corrected chi connectivity index (χ0v) is 16.7. The Hall–Kier alpha value is -2.57. The molecule has 2 aromatic carbocycles. The van der Waals surface area contributed by atoms with Gasteiger partial charge in [-0.2, -0.15) is 0 Å². The predicted molar refractivity (Wildman–Crippen MR) is 109 cm³/mol. The second-order valence-electron chi connectivity index (χ2n) is 6.08. The maximum atomic E-state index is 5.75. The predicted octanol–water partition coefficient (Wildman–Crippen LogP) is 4.34. The molecule has 0 aliphatic rings. The molecular weight excluding hydrogens is 360 g/mol. The van der Waals surface area contributed by atoms with Crippen molar-refractivity contribution in [2.75, 3.05) is 34.4 Å². The van der Waals surface area contributed by atoms with Gasteiger partial charge in [0, 0.05) is 18.5 Å². The summed E-state index contributed by atoms with van der Waals surface area (Å²) in [5.41, 5.74) is 1.98. The molecule has 0 saturated carbocycles. The summed E-state index contributed by atoms with van der Waals surface area (Å²) in [5, 5.41) is 3.01. The molecule has 6 heteroatoms. The van der Waals surface area contributed by atoms with E-state index in [-0.39, 0.29) is 0 Å². The molecule has 0 spiro atoms. The summed E-state index contributed by atoms with van der Waals surface area (Å²) in [6, 6.07) is 15.7. The summed E-state index contributed by atoms with van der Waals surface area (Å²) in [6.07, 6.45) is 0. The van der Waals surface area contributed by atoms with E-state index >= 15 is 0 Å². The van der Waals surface area contributed by atoms with Gasteiger partial charge in [0.1, 0.15) is 17.4 Å². The van der Waals surface area contributed by atoms with Crippen LogP contribution in [0.4, 0.5) is 0 Å². The maximum Gasteiger partial charge on any atom is 0.170 e. The minimum atomic E-state index is 0.640. The van der Waals surface area contributed by atoms with Crippen molar-refractivity contribution in [3.63, 3.8) is 0 Å². The standard InChI is InChI=1S/C21H24N2O3S/c1-23(12-13-26-17-8-5-4-6-9-17)14-16-15-27-21(22-16)18-10-7-11-19(24-2)20(18)25-3/h4-11,15H,12-14H2,1-3H3. The molecule has 27 heavy (non-hydrogen) atoms. The Balaban J connectivity index is 1.59. The number of thiazole rings is 1. The molecule has 142 valence electrons. The van der Waals surface area contributed by atoms with Crippen molar-refractivity contribution in [2.24, 2.45) is 0 Å². The molecule has 1 heterocycles. The summed E-state index contributed by atoms with van der Waals surface area (Å²) in [5.74, 6) is 2.32. The van der Waals surface area contributed by atoms with Crippen LogP contribution in [0.3, 0.4) is 0 Å². The molecule has 0 unspecified atom stereocenters. The third-order valence-electron chi connectivity index (χ3n) is 4.10. The number of aromatic nitrogens is 1. The fraction of sp³-hybridized carbons (Fsp3) is 0.286. The third kappa shape index (κ3) is 4.99. The van der Waals surface area contributed by atoms with Crippen LogP contribution < -0.4 is 14.2 Å². The van der Waals surface area contributed by atoms with Gasteiger partial charge in [-0.25, -0.2) is 4.98 Å². The molecule has 3 rings (SSSR count). The number of nitrogens with zero attached hydrogens (tertiary/aromatic N) is 2. The van der Waals surface area contributed by atoms with Gasteiger partial charge in [0.25, 0.3) is 0 Å². The van der Waals surface area contributed by atoms with E-state index in [0.29, 0.717) is 18.1 Å². The molecule has 1 aromatic heterocycles. The van der Waals surface area contributed by atoms with Crippen LogP contribution in [0.5, 0.6) is 17.2 Å². The van der Waals surface area contributed by atoms with Crippen LogP contribution in [-0.4, -0.2) is 44.3 Å². The lowest BCUT2D eigenvalue weighted by Crippen LogP contribution is -2.24. The molecular formula is C21H24N2O3S. The Bertz CT molecular complexity index is 852. The van der Waals surface area contributed by atoms with E-state index in [1.165, 1.54) is 0 Å². The molecule has 0 radical (unpaired) electrons. The van der Waals surface area contributed by atoms with Gasteiger partial charge in [0.15, 0.2) is 11.5 Å². The second kappa shape index (κ2) is 9.39. The number of ether oxygens (including phenoxy) is 3. The first-order valence-electron chi connectivity index (χ1n) is 8.73. The van der Waals surface area contributed by atoms with Crippen molar-refractivity contribution in [1.82, 2.24) is 9.88 Å². The number of methoxy groups -OCH3 is 2. The minimum Gasteiger partial charge on any atom is -0.493 e. The lowest BCUT2D eigenvalue weighted by Gasteiger charge is -2.15. The van der Waals surface area contributed by atoms with E-state index in [1.807, 2.05) is 48.5 Å². The zero-order chi connectivity index (χ0) is 19.1. The summed E-state index contributed by atoms with van der Waals surface area (Å²) in [6.45, 7) is 2.23. The third-order valence-corrected chi connectivity index (χ3v) is 5.03. The summed E-state index contributed by atoms with van der Waals surface area (Å²) >= 11 is 1.61. The molecule has 0 aliphatic heterocycles. The van der Waals surface area contributed by atoms with Crippen molar-refractivity contribution < 1.29 is 14.2 Å². The van der Waals surface area contributed by atoms with Crippen LogP contribution in [0.1, 0.15) is 5.69 Å². The first-order chi connectivity index (χ1) is 13.2. The second-order valence-corrected chi connectivity index (χ2v) is 6.94. The van der Waals surface area contributed by atoms with Crippen LogP contribution in [0.15, 0.2) is 53.9 Å². The number of hydrogen-bond acceptors (Lipinski definition) is 6. The topological polar surface area (TPSA) is 43.8 Å². The first-order valence-corrected chi connectivity index (χ1v) is 9.61. The molecule has 0 saturated heterocycles. The van der Waals surface area contributed by atoms with Gasteiger partial charge in [0.2, 0.25) is 0 Å². The number of rotatable bonds is 9.